The summed E-state index contributed by atoms with van der Waals surface area (Å²) in [7, 11) is 0. The summed E-state index contributed by atoms with van der Waals surface area (Å²) < 4.78 is 99.0. The summed E-state index contributed by atoms with van der Waals surface area (Å²) in [5.41, 5.74) is -1.24. The minimum Gasteiger partial charge on any atom is -0.478 e. The standard InChI is InChI=1S/C23H17BrF3N3O3.C22H15BrF3N3O3.3CH4/c1-2-32-22(31)21(14-7-10-16(24)11-8-14)33-20-12-9-15(23(25,26)27)13-19(20)30-28-17-5-3-4-6-18(17)29-30;1-21(20(30)31,13-6-9-15(23)10-7-13)32-19-11-8-14(22(24,25)26)12-18(19)29-27-16-4-2-3-5-17(16)28-29;;;/h3-13,21H,2H2,1H3;2-12H,1H3,(H,30,31);3*1H4. The van der Waals surface area contributed by atoms with Gasteiger partial charge in [0.2, 0.25) is 11.7 Å². The number of fused-ring (bicyclic) bond motifs is 2. The highest BCUT2D eigenvalue weighted by atomic mass is 79.9. The molecule has 0 bridgehead atoms. The topological polar surface area (TPSA) is 143 Å². The minimum absolute atomic E-state index is 0. The monoisotopic (exact) mass is 1070 g/mol. The highest BCUT2D eigenvalue weighted by molar-refractivity contribution is 9.10. The van der Waals surface area contributed by atoms with E-state index < -0.39 is 47.1 Å². The number of hydrogen-bond acceptors (Lipinski definition) is 9. The van der Waals surface area contributed by atoms with Gasteiger partial charge in [-0.15, -0.1) is 30.0 Å². The van der Waals surface area contributed by atoms with Gasteiger partial charge in [-0.3, -0.25) is 0 Å². The van der Waals surface area contributed by atoms with Crippen LogP contribution in [-0.2, 0) is 32.3 Å². The van der Waals surface area contributed by atoms with Gasteiger partial charge in [0.05, 0.1) is 17.7 Å². The number of alkyl halides is 6. The van der Waals surface area contributed by atoms with Gasteiger partial charge in [0, 0.05) is 20.1 Å². The Morgan fingerprint density at radius 2 is 0.985 bits per heavy atom. The van der Waals surface area contributed by atoms with Gasteiger partial charge in [0.25, 0.3) is 0 Å². The normalized spacial score (nSPS) is 12.5. The molecule has 358 valence electrons. The number of hydrogen-bond donors (Lipinski definition) is 1. The molecule has 0 aliphatic rings. The molecule has 0 aliphatic heterocycles. The summed E-state index contributed by atoms with van der Waals surface area (Å²) in [5, 5.41) is 26.9. The fourth-order valence-corrected chi connectivity index (χ4v) is 6.80. The van der Waals surface area contributed by atoms with E-state index in [2.05, 4.69) is 52.3 Å². The van der Waals surface area contributed by atoms with Gasteiger partial charge < -0.3 is 19.3 Å². The van der Waals surface area contributed by atoms with Crippen LogP contribution in [0.1, 0.15) is 64.5 Å². The summed E-state index contributed by atoms with van der Waals surface area (Å²) in [5.74, 6) is -2.12. The fraction of sp³-hybridized carbons (Fsp3) is 0.208. The van der Waals surface area contributed by atoms with E-state index in [1.54, 1.807) is 104 Å². The number of carboxylic acids is 1. The Morgan fingerprint density at radius 1 is 0.603 bits per heavy atom. The predicted octanol–water partition coefficient (Wildman–Crippen LogP) is 13.4. The van der Waals surface area contributed by atoms with Crippen molar-refractivity contribution in [2.75, 3.05) is 6.61 Å². The first kappa shape index (κ1) is 53.8. The van der Waals surface area contributed by atoms with Crippen LogP contribution in [0, 0.1) is 0 Å². The minimum atomic E-state index is -4.62. The molecule has 0 amide bonds. The van der Waals surface area contributed by atoms with E-state index in [1.165, 1.54) is 6.92 Å². The first-order valence-corrected chi connectivity index (χ1v) is 20.8. The Balaban J connectivity index is 0.000000284. The lowest BCUT2D eigenvalue weighted by Gasteiger charge is -2.28. The maximum Gasteiger partial charge on any atom is 0.416 e. The van der Waals surface area contributed by atoms with Gasteiger partial charge >= 0.3 is 24.3 Å². The first-order valence-electron chi connectivity index (χ1n) is 19.2. The van der Waals surface area contributed by atoms with Crippen LogP contribution in [0.15, 0.2) is 142 Å². The van der Waals surface area contributed by atoms with E-state index >= 15 is 0 Å². The number of benzene rings is 6. The number of carbonyl (C=O) groups is 2. The Bertz CT molecular complexity index is 2930. The van der Waals surface area contributed by atoms with Crippen molar-refractivity contribution >= 4 is 65.9 Å². The van der Waals surface area contributed by atoms with E-state index in [9.17, 15) is 41.0 Å². The number of rotatable bonds is 11. The van der Waals surface area contributed by atoms with Crippen LogP contribution in [0.2, 0.25) is 0 Å². The molecule has 8 aromatic rings. The number of ether oxygens (including phenoxy) is 3. The first-order chi connectivity index (χ1) is 30.8. The molecule has 2 aromatic heterocycles. The van der Waals surface area contributed by atoms with Crippen molar-refractivity contribution in [2.24, 2.45) is 0 Å². The molecule has 0 radical (unpaired) electrons. The van der Waals surface area contributed by atoms with Crippen molar-refractivity contribution in [3.63, 3.8) is 0 Å². The predicted molar refractivity (Wildman–Crippen MR) is 252 cm³/mol. The zero-order chi connectivity index (χ0) is 46.7. The molecule has 8 rings (SSSR count). The molecule has 6 aromatic carbocycles. The average Bonchev–Trinajstić information content (AvgIpc) is 3.91. The van der Waals surface area contributed by atoms with E-state index in [0.717, 1.165) is 54.9 Å². The number of carbonyl (C=O) groups excluding carboxylic acids is 1. The van der Waals surface area contributed by atoms with Crippen LogP contribution in [-0.4, -0.2) is 53.6 Å². The number of carboxylic acid groups (broad SMARTS) is 1. The van der Waals surface area contributed by atoms with Gasteiger partial charge in [-0.1, -0.05) is 103 Å². The lowest BCUT2D eigenvalue weighted by molar-refractivity contribution is -0.155. The third-order valence-corrected chi connectivity index (χ3v) is 10.7. The van der Waals surface area contributed by atoms with Crippen molar-refractivity contribution in [1.82, 2.24) is 30.0 Å². The van der Waals surface area contributed by atoms with Crippen LogP contribution >= 0.6 is 31.9 Å². The van der Waals surface area contributed by atoms with Crippen LogP contribution in [0.5, 0.6) is 11.5 Å². The molecule has 0 saturated carbocycles. The number of esters is 1. The van der Waals surface area contributed by atoms with Crippen molar-refractivity contribution in [3.05, 3.63) is 165 Å². The SMILES string of the molecule is C.C.C.CC(Oc1ccc(C(F)(F)F)cc1-n1nc2ccccc2n1)(C(=O)O)c1ccc(Br)cc1.CCOC(=O)C(Oc1ccc(C(F)(F)F)cc1-n1nc2ccccc2n1)c1ccc(Br)cc1. The van der Waals surface area contributed by atoms with E-state index in [1.807, 2.05) is 0 Å². The number of aromatic nitrogens is 6. The third kappa shape index (κ3) is 12.0. The quantitative estimate of drug-likeness (QED) is 0.0982. The lowest BCUT2D eigenvalue weighted by Crippen LogP contribution is -2.38. The molecular formula is C48H44Br2F6N6O6. The van der Waals surface area contributed by atoms with E-state index in [4.69, 9.17) is 14.2 Å². The molecule has 2 unspecified atom stereocenters. The van der Waals surface area contributed by atoms with Crippen molar-refractivity contribution in [2.45, 2.75) is 60.2 Å². The molecule has 20 heteroatoms. The Labute approximate surface area is 403 Å². The Morgan fingerprint density at radius 3 is 1.38 bits per heavy atom. The van der Waals surface area contributed by atoms with Crippen LogP contribution in [0.4, 0.5) is 26.3 Å². The summed E-state index contributed by atoms with van der Waals surface area (Å²) >= 11 is 6.62. The summed E-state index contributed by atoms with van der Waals surface area (Å²) in [6.07, 6.45) is -10.4. The van der Waals surface area contributed by atoms with Gasteiger partial charge in [0.1, 0.15) is 44.9 Å². The molecule has 0 fully saturated rings. The molecule has 2 heterocycles. The van der Waals surface area contributed by atoms with Crippen LogP contribution < -0.4 is 9.47 Å². The van der Waals surface area contributed by atoms with Crippen LogP contribution in [0.25, 0.3) is 33.4 Å². The number of nitrogens with zero attached hydrogens (tertiary/aromatic N) is 6. The molecule has 68 heavy (non-hydrogen) atoms. The second kappa shape index (κ2) is 21.9. The maximum absolute atomic E-state index is 13.4. The van der Waals surface area contributed by atoms with Gasteiger partial charge in [-0.25, -0.2) is 9.59 Å². The smallest absolute Gasteiger partial charge is 0.416 e. The molecule has 1 N–H and O–H groups in total. The lowest BCUT2D eigenvalue weighted by atomic mass is 9.95. The zero-order valence-electron chi connectivity index (χ0n) is 33.7. The number of aliphatic carboxylic acids is 1. The highest BCUT2D eigenvalue weighted by Crippen LogP contribution is 2.39. The molecule has 2 atom stereocenters. The van der Waals surface area contributed by atoms with E-state index in [-0.39, 0.29) is 51.8 Å². The van der Waals surface area contributed by atoms with Gasteiger partial charge in [-0.2, -0.15) is 26.3 Å². The zero-order valence-corrected chi connectivity index (χ0v) is 36.9. The van der Waals surface area contributed by atoms with E-state index in [0.29, 0.717) is 33.2 Å². The summed E-state index contributed by atoms with van der Waals surface area (Å²) in [6, 6.07) is 32.5. The van der Waals surface area contributed by atoms with Crippen molar-refractivity contribution < 1.29 is 55.2 Å². The van der Waals surface area contributed by atoms with Crippen LogP contribution in [0.3, 0.4) is 0 Å². The van der Waals surface area contributed by atoms with Crippen molar-refractivity contribution in [3.8, 4) is 22.9 Å². The summed E-state index contributed by atoms with van der Waals surface area (Å²) in [6.45, 7) is 3.09. The summed E-state index contributed by atoms with van der Waals surface area (Å²) in [4.78, 5) is 26.9. The highest BCUT2D eigenvalue weighted by Gasteiger charge is 2.40. The number of halogens is 8. The Hall–Kier alpha value is -6.80. The maximum atomic E-state index is 13.4. The van der Waals surface area contributed by atoms with Gasteiger partial charge in [0.15, 0.2) is 0 Å². The Kier molecular flexibility index (Phi) is 17.3. The molecule has 0 aliphatic carbocycles. The second-order valence-electron chi connectivity index (χ2n) is 14.1. The second-order valence-corrected chi connectivity index (χ2v) is 15.9. The average molecular weight is 1070 g/mol. The molecule has 0 spiro atoms. The largest absolute Gasteiger partial charge is 0.478 e. The third-order valence-electron chi connectivity index (χ3n) is 9.61. The molecular weight excluding hydrogens is 1030 g/mol. The molecule has 12 nitrogen and oxygen atoms in total. The fourth-order valence-electron chi connectivity index (χ4n) is 6.27. The van der Waals surface area contributed by atoms with Gasteiger partial charge in [-0.05, 0) is 98.8 Å². The molecule has 0 saturated heterocycles. The van der Waals surface area contributed by atoms with Crippen molar-refractivity contribution in [1.29, 1.82) is 0 Å².